The van der Waals surface area contributed by atoms with Gasteiger partial charge in [0.15, 0.2) is 0 Å². The van der Waals surface area contributed by atoms with Crippen molar-refractivity contribution in [2.75, 3.05) is 18.1 Å². The molecular formula is C13H17F2NS. The van der Waals surface area contributed by atoms with Crippen LogP contribution in [-0.4, -0.2) is 24.1 Å². The lowest BCUT2D eigenvalue weighted by Crippen LogP contribution is -2.36. The fourth-order valence-corrected chi connectivity index (χ4v) is 3.70. The van der Waals surface area contributed by atoms with Crippen molar-refractivity contribution in [2.24, 2.45) is 5.92 Å². The summed E-state index contributed by atoms with van der Waals surface area (Å²) in [4.78, 5) is 0. The number of halogens is 2. The molecule has 1 aromatic rings. The highest BCUT2D eigenvalue weighted by Crippen LogP contribution is 2.28. The van der Waals surface area contributed by atoms with Crippen LogP contribution < -0.4 is 5.32 Å². The standard InChI is InChI=1S/C13H17F2NS/c1-2-16-13-8-17-7-10(13)5-9-6-11(14)3-4-12(9)15/h3-4,6,10,13,16H,2,5,7-8H2,1H3. The van der Waals surface area contributed by atoms with Gasteiger partial charge in [-0.15, -0.1) is 0 Å². The second-order valence-corrected chi connectivity index (χ2v) is 5.48. The lowest BCUT2D eigenvalue weighted by atomic mass is 9.94. The first-order chi connectivity index (χ1) is 8.20. The van der Waals surface area contributed by atoms with Crippen molar-refractivity contribution in [3.8, 4) is 0 Å². The number of rotatable bonds is 4. The van der Waals surface area contributed by atoms with E-state index in [0.29, 0.717) is 23.9 Å². The summed E-state index contributed by atoms with van der Waals surface area (Å²) in [5.74, 6) is 1.84. The Labute approximate surface area is 105 Å². The van der Waals surface area contributed by atoms with Gasteiger partial charge in [0, 0.05) is 11.8 Å². The molecule has 0 amide bonds. The number of benzene rings is 1. The topological polar surface area (TPSA) is 12.0 Å². The Morgan fingerprint density at radius 1 is 1.35 bits per heavy atom. The van der Waals surface area contributed by atoms with Crippen LogP contribution in [0.15, 0.2) is 18.2 Å². The zero-order chi connectivity index (χ0) is 12.3. The van der Waals surface area contributed by atoms with Crippen LogP contribution in [0.2, 0.25) is 0 Å². The molecule has 0 saturated carbocycles. The molecule has 2 unspecified atom stereocenters. The average Bonchev–Trinajstić information content (AvgIpc) is 2.72. The van der Waals surface area contributed by atoms with Crippen molar-refractivity contribution in [1.29, 1.82) is 0 Å². The highest BCUT2D eigenvalue weighted by atomic mass is 32.2. The first-order valence-electron chi connectivity index (χ1n) is 5.95. The van der Waals surface area contributed by atoms with Gasteiger partial charge in [-0.3, -0.25) is 0 Å². The average molecular weight is 257 g/mol. The van der Waals surface area contributed by atoms with Gasteiger partial charge in [-0.05, 0) is 48.4 Å². The molecule has 2 rings (SSSR count). The molecule has 1 nitrogen and oxygen atoms in total. The quantitative estimate of drug-likeness (QED) is 0.890. The van der Waals surface area contributed by atoms with Crippen LogP contribution in [-0.2, 0) is 6.42 Å². The summed E-state index contributed by atoms with van der Waals surface area (Å²) in [7, 11) is 0. The van der Waals surface area contributed by atoms with E-state index in [-0.39, 0.29) is 11.6 Å². The summed E-state index contributed by atoms with van der Waals surface area (Å²) in [6.07, 6.45) is 0.619. The molecule has 1 aliphatic heterocycles. The van der Waals surface area contributed by atoms with Crippen molar-refractivity contribution < 1.29 is 8.78 Å². The number of nitrogens with one attached hydrogen (secondary N) is 1. The maximum atomic E-state index is 13.5. The molecule has 1 fully saturated rings. The maximum Gasteiger partial charge on any atom is 0.126 e. The Bertz CT molecular complexity index is 384. The fourth-order valence-electron chi connectivity index (χ4n) is 2.27. The van der Waals surface area contributed by atoms with Gasteiger partial charge in [-0.1, -0.05) is 6.92 Å². The molecule has 1 aliphatic rings. The van der Waals surface area contributed by atoms with E-state index in [1.165, 1.54) is 18.2 Å². The van der Waals surface area contributed by atoms with Crippen LogP contribution in [0.25, 0.3) is 0 Å². The Hall–Kier alpha value is -0.610. The van der Waals surface area contributed by atoms with Crippen molar-refractivity contribution in [2.45, 2.75) is 19.4 Å². The minimum Gasteiger partial charge on any atom is -0.313 e. The van der Waals surface area contributed by atoms with Crippen LogP contribution >= 0.6 is 11.8 Å². The largest absolute Gasteiger partial charge is 0.313 e. The summed E-state index contributed by atoms with van der Waals surface area (Å²) in [6.45, 7) is 3.00. The molecule has 0 aromatic heterocycles. The summed E-state index contributed by atoms with van der Waals surface area (Å²) >= 11 is 1.88. The van der Waals surface area contributed by atoms with E-state index < -0.39 is 0 Å². The Morgan fingerprint density at radius 2 is 2.18 bits per heavy atom. The molecule has 0 radical (unpaired) electrons. The van der Waals surface area contributed by atoms with Crippen LogP contribution in [0.4, 0.5) is 8.78 Å². The van der Waals surface area contributed by atoms with Gasteiger partial charge < -0.3 is 5.32 Å². The van der Waals surface area contributed by atoms with E-state index in [0.717, 1.165) is 18.1 Å². The van der Waals surface area contributed by atoms with Gasteiger partial charge in [0.1, 0.15) is 11.6 Å². The summed E-state index contributed by atoms with van der Waals surface area (Å²) in [6, 6.07) is 4.13. The first kappa shape index (κ1) is 12.8. The van der Waals surface area contributed by atoms with Crippen molar-refractivity contribution in [3.05, 3.63) is 35.4 Å². The van der Waals surface area contributed by atoms with Crippen molar-refractivity contribution >= 4 is 11.8 Å². The molecule has 94 valence electrons. The van der Waals surface area contributed by atoms with Crippen LogP contribution in [0, 0.1) is 17.6 Å². The molecule has 0 bridgehead atoms. The summed E-state index contributed by atoms with van der Waals surface area (Å²) in [5, 5.41) is 3.41. The smallest absolute Gasteiger partial charge is 0.126 e. The third-order valence-electron chi connectivity index (χ3n) is 3.15. The van der Waals surface area contributed by atoms with Gasteiger partial charge in [-0.25, -0.2) is 8.78 Å². The van der Waals surface area contributed by atoms with Crippen LogP contribution in [0.5, 0.6) is 0 Å². The number of hydrogen-bond donors (Lipinski definition) is 1. The van der Waals surface area contributed by atoms with E-state index in [2.05, 4.69) is 12.2 Å². The Balaban J connectivity index is 2.06. The SMILES string of the molecule is CCNC1CSCC1Cc1cc(F)ccc1F. The molecule has 17 heavy (non-hydrogen) atoms. The molecule has 1 aromatic carbocycles. The molecule has 2 atom stereocenters. The number of thioether (sulfide) groups is 1. The minimum atomic E-state index is -0.355. The van der Waals surface area contributed by atoms with Gasteiger partial charge in [-0.2, -0.15) is 11.8 Å². The van der Waals surface area contributed by atoms with Gasteiger partial charge in [0.05, 0.1) is 0 Å². The van der Waals surface area contributed by atoms with Gasteiger partial charge in [0.2, 0.25) is 0 Å². The summed E-state index contributed by atoms with van der Waals surface area (Å²) < 4.78 is 26.6. The molecule has 0 aliphatic carbocycles. The molecule has 1 heterocycles. The summed E-state index contributed by atoms with van der Waals surface area (Å²) in [5.41, 5.74) is 0.500. The van der Waals surface area contributed by atoms with Crippen LogP contribution in [0.3, 0.4) is 0 Å². The van der Waals surface area contributed by atoms with E-state index in [1.54, 1.807) is 0 Å². The Morgan fingerprint density at radius 3 is 2.94 bits per heavy atom. The van der Waals surface area contributed by atoms with Crippen molar-refractivity contribution in [3.63, 3.8) is 0 Å². The van der Waals surface area contributed by atoms with E-state index in [9.17, 15) is 8.78 Å². The monoisotopic (exact) mass is 257 g/mol. The molecule has 1 saturated heterocycles. The van der Waals surface area contributed by atoms with E-state index in [1.807, 2.05) is 11.8 Å². The second-order valence-electron chi connectivity index (χ2n) is 4.40. The zero-order valence-corrected chi connectivity index (χ0v) is 10.7. The lowest BCUT2D eigenvalue weighted by Gasteiger charge is -2.19. The Kier molecular flexibility index (Phi) is 4.40. The normalized spacial score (nSPS) is 24.2. The van der Waals surface area contributed by atoms with Crippen LogP contribution in [0.1, 0.15) is 12.5 Å². The van der Waals surface area contributed by atoms with E-state index >= 15 is 0 Å². The molecule has 4 heteroatoms. The first-order valence-corrected chi connectivity index (χ1v) is 7.11. The molecule has 1 N–H and O–H groups in total. The third kappa shape index (κ3) is 3.19. The second kappa shape index (κ2) is 5.83. The lowest BCUT2D eigenvalue weighted by molar-refractivity contribution is 0.426. The highest BCUT2D eigenvalue weighted by Gasteiger charge is 2.27. The zero-order valence-electron chi connectivity index (χ0n) is 9.88. The minimum absolute atomic E-state index is 0.293. The predicted octanol–water partition coefficient (Wildman–Crippen LogP) is 2.85. The third-order valence-corrected chi connectivity index (χ3v) is 4.41. The van der Waals surface area contributed by atoms with Gasteiger partial charge in [0.25, 0.3) is 0 Å². The maximum absolute atomic E-state index is 13.5. The predicted molar refractivity (Wildman–Crippen MR) is 68.3 cm³/mol. The molecule has 0 spiro atoms. The fraction of sp³-hybridized carbons (Fsp3) is 0.538. The van der Waals surface area contributed by atoms with Crippen molar-refractivity contribution in [1.82, 2.24) is 5.32 Å². The van der Waals surface area contributed by atoms with Gasteiger partial charge >= 0.3 is 0 Å². The molecular weight excluding hydrogens is 240 g/mol. The highest BCUT2D eigenvalue weighted by molar-refractivity contribution is 7.99. The van der Waals surface area contributed by atoms with E-state index in [4.69, 9.17) is 0 Å². The number of hydrogen-bond acceptors (Lipinski definition) is 2.